The summed E-state index contributed by atoms with van der Waals surface area (Å²) in [4.78, 5) is 2.00. The van der Waals surface area contributed by atoms with Crippen molar-refractivity contribution in [2.75, 3.05) is 26.2 Å². The molecule has 0 aliphatic heterocycles. The van der Waals surface area contributed by atoms with E-state index in [2.05, 4.69) is 6.58 Å². The summed E-state index contributed by atoms with van der Waals surface area (Å²) < 4.78 is 5.46. The summed E-state index contributed by atoms with van der Waals surface area (Å²) in [6.45, 7) is 11.4. The lowest BCUT2D eigenvalue weighted by Gasteiger charge is -2.27. The zero-order chi connectivity index (χ0) is 12.6. The summed E-state index contributed by atoms with van der Waals surface area (Å²) in [6.07, 6.45) is 0.982. The zero-order valence-corrected chi connectivity index (χ0v) is 10.6. The molecule has 2 N–H and O–H groups in total. The van der Waals surface area contributed by atoms with Crippen LogP contribution in [0.5, 0.6) is 0 Å². The van der Waals surface area contributed by atoms with E-state index in [-0.39, 0.29) is 6.10 Å². The Balaban J connectivity index is 4.02. The van der Waals surface area contributed by atoms with E-state index < -0.39 is 12.2 Å². The smallest absolute Gasteiger partial charge is 0.0678 e. The highest BCUT2D eigenvalue weighted by molar-refractivity contribution is 4.70. The van der Waals surface area contributed by atoms with Gasteiger partial charge in [-0.1, -0.05) is 6.08 Å². The number of hydrogen-bond donors (Lipinski definition) is 2. The van der Waals surface area contributed by atoms with Gasteiger partial charge in [0.05, 0.1) is 24.9 Å². The van der Waals surface area contributed by atoms with Gasteiger partial charge in [0.25, 0.3) is 0 Å². The molecule has 0 aromatic carbocycles. The van der Waals surface area contributed by atoms with Crippen molar-refractivity contribution in [2.45, 2.75) is 39.1 Å². The van der Waals surface area contributed by atoms with Gasteiger partial charge in [0, 0.05) is 19.6 Å². The standard InChI is InChI=1S/C12H25NO3/c1-5-6-16-12(4)9-13(7-10(2)14)8-11(3)15/h5,10-12,14-15H,1,6-9H2,2-4H3. The summed E-state index contributed by atoms with van der Waals surface area (Å²) in [5.41, 5.74) is 0. The van der Waals surface area contributed by atoms with Gasteiger partial charge in [-0.15, -0.1) is 6.58 Å². The largest absolute Gasteiger partial charge is 0.392 e. The molecule has 3 unspecified atom stereocenters. The van der Waals surface area contributed by atoms with Crippen LogP contribution in [0.15, 0.2) is 12.7 Å². The van der Waals surface area contributed by atoms with Crippen LogP contribution in [0.2, 0.25) is 0 Å². The third-order valence-electron chi connectivity index (χ3n) is 2.06. The maximum atomic E-state index is 9.34. The number of ether oxygens (including phenoxy) is 1. The van der Waals surface area contributed by atoms with E-state index in [1.807, 2.05) is 11.8 Å². The van der Waals surface area contributed by atoms with Gasteiger partial charge < -0.3 is 14.9 Å². The van der Waals surface area contributed by atoms with E-state index in [0.717, 1.165) is 0 Å². The van der Waals surface area contributed by atoms with Crippen LogP contribution in [0.1, 0.15) is 20.8 Å². The molecule has 4 nitrogen and oxygen atoms in total. The molecule has 0 spiro atoms. The Morgan fingerprint density at radius 2 is 1.62 bits per heavy atom. The van der Waals surface area contributed by atoms with Crippen LogP contribution >= 0.6 is 0 Å². The van der Waals surface area contributed by atoms with Gasteiger partial charge in [0.15, 0.2) is 0 Å². The van der Waals surface area contributed by atoms with Crippen molar-refractivity contribution in [3.63, 3.8) is 0 Å². The summed E-state index contributed by atoms with van der Waals surface area (Å²) in [5, 5.41) is 18.7. The van der Waals surface area contributed by atoms with Crippen LogP contribution in [0.4, 0.5) is 0 Å². The first-order chi connectivity index (χ1) is 7.45. The topological polar surface area (TPSA) is 52.9 Å². The number of rotatable bonds is 9. The zero-order valence-electron chi connectivity index (χ0n) is 10.6. The van der Waals surface area contributed by atoms with E-state index in [9.17, 15) is 10.2 Å². The van der Waals surface area contributed by atoms with Crippen molar-refractivity contribution >= 4 is 0 Å². The number of hydrogen-bond acceptors (Lipinski definition) is 4. The van der Waals surface area contributed by atoms with Crippen LogP contribution < -0.4 is 0 Å². The summed E-state index contributed by atoms with van der Waals surface area (Å²) >= 11 is 0. The molecule has 3 atom stereocenters. The maximum absolute atomic E-state index is 9.34. The predicted octanol–water partition coefficient (Wildman–Crippen LogP) is 0.641. The van der Waals surface area contributed by atoms with E-state index in [4.69, 9.17) is 4.74 Å². The molecule has 0 heterocycles. The second-order valence-electron chi connectivity index (χ2n) is 4.35. The Hall–Kier alpha value is -0.420. The van der Waals surface area contributed by atoms with E-state index in [1.165, 1.54) is 0 Å². The molecule has 16 heavy (non-hydrogen) atoms. The fourth-order valence-corrected chi connectivity index (χ4v) is 1.62. The molecule has 0 saturated heterocycles. The van der Waals surface area contributed by atoms with Gasteiger partial charge in [-0.3, -0.25) is 4.90 Å². The summed E-state index contributed by atoms with van der Waals surface area (Å²) in [6, 6.07) is 0. The Kier molecular flexibility index (Phi) is 8.47. The van der Waals surface area contributed by atoms with Crippen molar-refractivity contribution in [3.8, 4) is 0 Å². The molecule has 4 heteroatoms. The molecule has 0 aliphatic rings. The van der Waals surface area contributed by atoms with Gasteiger partial charge >= 0.3 is 0 Å². The van der Waals surface area contributed by atoms with Gasteiger partial charge in [0.2, 0.25) is 0 Å². The highest BCUT2D eigenvalue weighted by Gasteiger charge is 2.14. The molecule has 0 amide bonds. The Labute approximate surface area is 98.5 Å². The first-order valence-corrected chi connectivity index (χ1v) is 5.76. The second-order valence-corrected chi connectivity index (χ2v) is 4.35. The minimum atomic E-state index is -0.398. The van der Waals surface area contributed by atoms with Crippen LogP contribution in [-0.4, -0.2) is 59.7 Å². The van der Waals surface area contributed by atoms with Crippen molar-refractivity contribution in [2.24, 2.45) is 0 Å². The first kappa shape index (κ1) is 15.6. The second kappa shape index (κ2) is 8.70. The van der Waals surface area contributed by atoms with Gasteiger partial charge in [-0.2, -0.15) is 0 Å². The highest BCUT2D eigenvalue weighted by atomic mass is 16.5. The van der Waals surface area contributed by atoms with E-state index in [1.54, 1.807) is 19.9 Å². The fourth-order valence-electron chi connectivity index (χ4n) is 1.62. The molecule has 0 aromatic heterocycles. The maximum Gasteiger partial charge on any atom is 0.0678 e. The van der Waals surface area contributed by atoms with Crippen LogP contribution in [0, 0.1) is 0 Å². The SMILES string of the molecule is C=CCOC(C)CN(CC(C)O)CC(C)O. The van der Waals surface area contributed by atoms with Crippen molar-refractivity contribution < 1.29 is 14.9 Å². The highest BCUT2D eigenvalue weighted by Crippen LogP contribution is 2.01. The number of aliphatic hydroxyl groups is 2. The van der Waals surface area contributed by atoms with Crippen LogP contribution in [0.3, 0.4) is 0 Å². The molecule has 0 radical (unpaired) electrons. The van der Waals surface area contributed by atoms with Gasteiger partial charge in [-0.05, 0) is 20.8 Å². The van der Waals surface area contributed by atoms with Crippen LogP contribution in [0.25, 0.3) is 0 Å². The lowest BCUT2D eigenvalue weighted by Crippen LogP contribution is -2.41. The molecule has 0 saturated carbocycles. The van der Waals surface area contributed by atoms with Crippen molar-refractivity contribution in [3.05, 3.63) is 12.7 Å². The predicted molar refractivity (Wildman–Crippen MR) is 65.4 cm³/mol. The lowest BCUT2D eigenvalue weighted by atomic mass is 10.2. The molecule has 0 rings (SSSR count). The fraction of sp³-hybridized carbons (Fsp3) is 0.833. The van der Waals surface area contributed by atoms with E-state index >= 15 is 0 Å². The monoisotopic (exact) mass is 231 g/mol. The van der Waals surface area contributed by atoms with Crippen molar-refractivity contribution in [1.29, 1.82) is 0 Å². The molecule has 96 valence electrons. The Morgan fingerprint density at radius 1 is 1.12 bits per heavy atom. The van der Waals surface area contributed by atoms with Crippen LogP contribution in [-0.2, 0) is 4.74 Å². The number of nitrogens with zero attached hydrogens (tertiary/aromatic N) is 1. The molecule has 0 fully saturated rings. The molecule has 0 bridgehead atoms. The summed E-state index contributed by atoms with van der Waals surface area (Å²) in [7, 11) is 0. The minimum Gasteiger partial charge on any atom is -0.392 e. The third kappa shape index (κ3) is 8.85. The minimum absolute atomic E-state index is 0.0653. The molecule has 0 aromatic rings. The average Bonchev–Trinajstić information content (AvgIpc) is 2.12. The normalized spacial score (nSPS) is 17.1. The quantitative estimate of drug-likeness (QED) is 0.572. The van der Waals surface area contributed by atoms with Gasteiger partial charge in [-0.25, -0.2) is 0 Å². The first-order valence-electron chi connectivity index (χ1n) is 5.76. The summed E-state index contributed by atoms with van der Waals surface area (Å²) in [5.74, 6) is 0. The Bertz CT molecular complexity index is 173. The van der Waals surface area contributed by atoms with Gasteiger partial charge in [0.1, 0.15) is 0 Å². The molecule has 0 aliphatic carbocycles. The molecular formula is C12H25NO3. The van der Waals surface area contributed by atoms with E-state index in [0.29, 0.717) is 26.2 Å². The average molecular weight is 231 g/mol. The lowest BCUT2D eigenvalue weighted by molar-refractivity contribution is 0.0235. The third-order valence-corrected chi connectivity index (χ3v) is 2.06. The molecular weight excluding hydrogens is 206 g/mol. The van der Waals surface area contributed by atoms with Crippen molar-refractivity contribution in [1.82, 2.24) is 4.90 Å². The number of aliphatic hydroxyl groups excluding tert-OH is 2. The Morgan fingerprint density at radius 3 is 2.00 bits per heavy atom.